The molecule has 0 saturated heterocycles. The van der Waals surface area contributed by atoms with Gasteiger partial charge in [-0.05, 0) is 35.0 Å². The van der Waals surface area contributed by atoms with Crippen LogP contribution in [0.15, 0.2) is 28.7 Å². The summed E-state index contributed by atoms with van der Waals surface area (Å²) < 4.78 is 2.55. The van der Waals surface area contributed by atoms with Gasteiger partial charge in [-0.3, -0.25) is 0 Å². The van der Waals surface area contributed by atoms with Crippen molar-refractivity contribution in [3.05, 3.63) is 39.5 Å². The van der Waals surface area contributed by atoms with Crippen LogP contribution in [0, 0.1) is 6.92 Å². The molecule has 0 aliphatic rings. The SMILES string of the molecule is Cc1nn(-c2ccccc2Br)c(N)c1Cl. The molecule has 0 fully saturated rings. The lowest BCUT2D eigenvalue weighted by molar-refractivity contribution is 0.868. The van der Waals surface area contributed by atoms with Crippen LogP contribution in [0.5, 0.6) is 0 Å². The fourth-order valence-electron chi connectivity index (χ4n) is 1.33. The summed E-state index contributed by atoms with van der Waals surface area (Å²) in [5.74, 6) is 0.459. The number of benzene rings is 1. The normalized spacial score (nSPS) is 10.6. The van der Waals surface area contributed by atoms with Crippen LogP contribution in [0.25, 0.3) is 5.69 Å². The van der Waals surface area contributed by atoms with Crippen molar-refractivity contribution in [2.75, 3.05) is 5.73 Å². The average molecular weight is 287 g/mol. The maximum atomic E-state index is 5.98. The molecule has 2 aromatic rings. The zero-order valence-corrected chi connectivity index (χ0v) is 10.4. The Kier molecular flexibility index (Phi) is 2.71. The van der Waals surface area contributed by atoms with Crippen molar-refractivity contribution in [3.63, 3.8) is 0 Å². The van der Waals surface area contributed by atoms with Crippen LogP contribution in [-0.4, -0.2) is 9.78 Å². The minimum absolute atomic E-state index is 0.459. The van der Waals surface area contributed by atoms with Crippen molar-refractivity contribution in [3.8, 4) is 5.69 Å². The highest BCUT2D eigenvalue weighted by atomic mass is 79.9. The molecule has 2 rings (SSSR count). The lowest BCUT2D eigenvalue weighted by Crippen LogP contribution is -2.02. The van der Waals surface area contributed by atoms with Crippen LogP contribution >= 0.6 is 27.5 Å². The van der Waals surface area contributed by atoms with Crippen molar-refractivity contribution in [2.45, 2.75) is 6.92 Å². The van der Waals surface area contributed by atoms with Crippen LogP contribution in [0.1, 0.15) is 5.69 Å². The van der Waals surface area contributed by atoms with Crippen LogP contribution in [0.4, 0.5) is 5.82 Å². The summed E-state index contributed by atoms with van der Waals surface area (Å²) in [4.78, 5) is 0. The van der Waals surface area contributed by atoms with E-state index >= 15 is 0 Å². The van der Waals surface area contributed by atoms with Crippen LogP contribution in [0.2, 0.25) is 5.02 Å². The van der Waals surface area contributed by atoms with E-state index in [0.717, 1.165) is 15.9 Å². The second-order valence-electron chi connectivity index (χ2n) is 3.15. The number of aryl methyl sites for hydroxylation is 1. The summed E-state index contributed by atoms with van der Waals surface area (Å²) in [5, 5.41) is 4.78. The lowest BCUT2D eigenvalue weighted by atomic mass is 10.3. The molecule has 5 heteroatoms. The van der Waals surface area contributed by atoms with E-state index in [1.165, 1.54) is 0 Å². The highest BCUT2D eigenvalue weighted by molar-refractivity contribution is 9.10. The third-order valence-electron chi connectivity index (χ3n) is 2.10. The Balaban J connectivity index is 2.65. The van der Waals surface area contributed by atoms with Crippen molar-refractivity contribution >= 4 is 33.3 Å². The largest absolute Gasteiger partial charge is 0.382 e. The second-order valence-corrected chi connectivity index (χ2v) is 4.38. The zero-order chi connectivity index (χ0) is 11.0. The second kappa shape index (κ2) is 3.87. The molecule has 0 unspecified atom stereocenters. The van der Waals surface area contributed by atoms with E-state index in [-0.39, 0.29) is 0 Å². The number of anilines is 1. The van der Waals surface area contributed by atoms with Gasteiger partial charge in [0.15, 0.2) is 0 Å². The number of halogens is 2. The number of nitrogen functional groups attached to an aromatic ring is 1. The van der Waals surface area contributed by atoms with Gasteiger partial charge >= 0.3 is 0 Å². The molecule has 78 valence electrons. The number of hydrogen-bond donors (Lipinski definition) is 1. The van der Waals surface area contributed by atoms with Crippen LogP contribution in [-0.2, 0) is 0 Å². The van der Waals surface area contributed by atoms with Crippen molar-refractivity contribution in [2.24, 2.45) is 0 Å². The number of nitrogens with two attached hydrogens (primary N) is 1. The predicted molar refractivity (Wildman–Crippen MR) is 65.4 cm³/mol. The Morgan fingerprint density at radius 2 is 2.07 bits per heavy atom. The number of rotatable bonds is 1. The minimum atomic E-state index is 0.459. The van der Waals surface area contributed by atoms with E-state index in [4.69, 9.17) is 17.3 Å². The zero-order valence-electron chi connectivity index (χ0n) is 8.04. The fourth-order valence-corrected chi connectivity index (χ4v) is 1.90. The Morgan fingerprint density at radius 3 is 2.60 bits per heavy atom. The first-order chi connectivity index (χ1) is 7.11. The quantitative estimate of drug-likeness (QED) is 0.875. The van der Waals surface area contributed by atoms with Crippen LogP contribution in [0.3, 0.4) is 0 Å². The smallest absolute Gasteiger partial charge is 0.146 e. The Bertz CT molecular complexity index is 507. The number of hydrogen-bond acceptors (Lipinski definition) is 2. The molecule has 0 bridgehead atoms. The lowest BCUT2D eigenvalue weighted by Gasteiger charge is -2.05. The Morgan fingerprint density at radius 1 is 1.40 bits per heavy atom. The summed E-state index contributed by atoms with van der Waals surface area (Å²) in [6.45, 7) is 1.83. The standard InChI is InChI=1S/C10H9BrClN3/c1-6-9(12)10(13)15(14-6)8-5-3-2-4-7(8)11/h2-5H,13H2,1H3. The topological polar surface area (TPSA) is 43.8 Å². The van der Waals surface area contributed by atoms with Gasteiger partial charge in [0.1, 0.15) is 10.8 Å². The van der Waals surface area contributed by atoms with Gasteiger partial charge in [0.05, 0.1) is 11.4 Å². The predicted octanol–water partition coefficient (Wildman–Crippen LogP) is 3.18. The molecule has 0 spiro atoms. The molecule has 15 heavy (non-hydrogen) atoms. The maximum Gasteiger partial charge on any atom is 0.146 e. The van der Waals surface area contributed by atoms with Gasteiger partial charge in [-0.1, -0.05) is 23.7 Å². The molecule has 2 N–H and O–H groups in total. The number of para-hydroxylation sites is 1. The molecule has 0 aliphatic heterocycles. The molecule has 1 aromatic carbocycles. The molecule has 1 aromatic heterocycles. The molecule has 0 atom stereocenters. The van der Waals surface area contributed by atoms with Crippen molar-refractivity contribution < 1.29 is 0 Å². The monoisotopic (exact) mass is 285 g/mol. The van der Waals surface area contributed by atoms with Gasteiger partial charge in [0.25, 0.3) is 0 Å². The van der Waals surface area contributed by atoms with Crippen molar-refractivity contribution in [1.29, 1.82) is 0 Å². The maximum absolute atomic E-state index is 5.98. The number of nitrogens with zero attached hydrogens (tertiary/aromatic N) is 2. The molecule has 3 nitrogen and oxygen atoms in total. The summed E-state index contributed by atoms with van der Waals surface area (Å²) in [6.07, 6.45) is 0. The Labute approximate surface area is 101 Å². The van der Waals surface area contributed by atoms with Gasteiger partial charge < -0.3 is 5.73 Å². The van der Waals surface area contributed by atoms with Gasteiger partial charge in [-0.2, -0.15) is 5.10 Å². The van der Waals surface area contributed by atoms with E-state index in [1.54, 1.807) is 4.68 Å². The molecule has 0 saturated carbocycles. The molecule has 0 amide bonds. The molecular formula is C10H9BrClN3. The van der Waals surface area contributed by atoms with E-state index in [1.807, 2.05) is 31.2 Å². The molecular weight excluding hydrogens is 277 g/mol. The first-order valence-electron chi connectivity index (χ1n) is 4.36. The molecule has 1 heterocycles. The van der Waals surface area contributed by atoms with Gasteiger partial charge in [0, 0.05) is 4.47 Å². The third kappa shape index (κ3) is 1.75. The van der Waals surface area contributed by atoms with Crippen LogP contribution < -0.4 is 5.73 Å². The first kappa shape index (κ1) is 10.5. The average Bonchev–Trinajstić information content (AvgIpc) is 2.47. The van der Waals surface area contributed by atoms with Crippen molar-refractivity contribution in [1.82, 2.24) is 9.78 Å². The minimum Gasteiger partial charge on any atom is -0.382 e. The summed E-state index contributed by atoms with van der Waals surface area (Å²) in [5.41, 5.74) is 7.46. The van der Waals surface area contributed by atoms with E-state index in [2.05, 4.69) is 21.0 Å². The van der Waals surface area contributed by atoms with E-state index in [9.17, 15) is 0 Å². The summed E-state index contributed by atoms with van der Waals surface area (Å²) in [7, 11) is 0. The summed E-state index contributed by atoms with van der Waals surface area (Å²) >= 11 is 9.42. The van der Waals surface area contributed by atoms with Gasteiger partial charge in [-0.25, -0.2) is 4.68 Å². The van der Waals surface area contributed by atoms with E-state index < -0.39 is 0 Å². The van der Waals surface area contributed by atoms with Gasteiger partial charge in [0.2, 0.25) is 0 Å². The highest BCUT2D eigenvalue weighted by Gasteiger charge is 2.12. The van der Waals surface area contributed by atoms with E-state index in [0.29, 0.717) is 10.8 Å². The third-order valence-corrected chi connectivity index (χ3v) is 3.24. The summed E-state index contributed by atoms with van der Waals surface area (Å²) in [6, 6.07) is 7.70. The van der Waals surface area contributed by atoms with Gasteiger partial charge in [-0.15, -0.1) is 0 Å². The first-order valence-corrected chi connectivity index (χ1v) is 5.54. The molecule has 0 aliphatic carbocycles. The highest BCUT2D eigenvalue weighted by Crippen LogP contribution is 2.28. The number of aromatic nitrogens is 2. The molecule has 0 radical (unpaired) electrons. The Hall–Kier alpha value is -1.00. The fraction of sp³-hybridized carbons (Fsp3) is 0.100.